The van der Waals surface area contributed by atoms with E-state index >= 15 is 0 Å². The van der Waals surface area contributed by atoms with Gasteiger partial charge in [0.2, 0.25) is 5.95 Å². The van der Waals surface area contributed by atoms with Crippen molar-refractivity contribution in [3.63, 3.8) is 0 Å². The predicted molar refractivity (Wildman–Crippen MR) is 185 cm³/mol. The van der Waals surface area contributed by atoms with Crippen molar-refractivity contribution >= 4 is 65.3 Å². The van der Waals surface area contributed by atoms with Crippen LogP contribution in [0.1, 0.15) is 0 Å². The van der Waals surface area contributed by atoms with Crippen molar-refractivity contribution in [2.45, 2.75) is 0 Å². The third-order valence-corrected chi connectivity index (χ3v) is 8.95. The maximum absolute atomic E-state index is 6.20. The number of para-hydroxylation sites is 2. The normalized spacial score (nSPS) is 11.9. The molecule has 10 rings (SSSR count). The highest BCUT2D eigenvalue weighted by atomic mass is 16.3. The molecule has 0 aliphatic carbocycles. The van der Waals surface area contributed by atoms with E-state index in [9.17, 15) is 0 Å². The number of benzene rings is 6. The second kappa shape index (κ2) is 9.55. The number of aromatic nitrogens is 5. The first kappa shape index (κ1) is 25.0. The molecule has 0 N–H and O–H groups in total. The summed E-state index contributed by atoms with van der Waals surface area (Å²) >= 11 is 0. The molecule has 0 fully saturated rings. The lowest BCUT2D eigenvalue weighted by Crippen LogP contribution is -2.06. The Labute approximate surface area is 262 Å². The highest BCUT2D eigenvalue weighted by Gasteiger charge is 2.20. The Bertz CT molecular complexity index is 2780. The van der Waals surface area contributed by atoms with E-state index in [1.54, 1.807) is 12.4 Å². The first-order valence-corrected chi connectivity index (χ1v) is 15.2. The van der Waals surface area contributed by atoms with Gasteiger partial charge in [-0.15, -0.1) is 0 Å². The maximum atomic E-state index is 6.20. The molecule has 0 saturated heterocycles. The molecule has 0 atom stereocenters. The standard InChI is InChI=1S/C40H23N5O/c1-2-9-27-24(8-1)16-17-25-18-19-26(22-32(25)27)38-42-39(31-12-7-15-35-37(31)30-20-21-41-23-36(30)46-35)44-40(43-38)45-33-13-5-3-10-28(33)29-11-4-6-14-34(29)45/h1-23H. The highest BCUT2D eigenvalue weighted by Crippen LogP contribution is 2.37. The van der Waals surface area contributed by atoms with Crippen LogP contribution in [0.15, 0.2) is 144 Å². The third-order valence-electron chi connectivity index (χ3n) is 8.95. The molecule has 6 aromatic carbocycles. The van der Waals surface area contributed by atoms with Crippen molar-refractivity contribution in [1.29, 1.82) is 0 Å². The number of pyridine rings is 1. The Morgan fingerprint density at radius 3 is 2.02 bits per heavy atom. The van der Waals surface area contributed by atoms with E-state index < -0.39 is 0 Å². The summed E-state index contributed by atoms with van der Waals surface area (Å²) in [5.74, 6) is 1.73. The van der Waals surface area contributed by atoms with E-state index in [0.717, 1.165) is 60.3 Å². The van der Waals surface area contributed by atoms with Crippen LogP contribution in [0.2, 0.25) is 0 Å². The number of hydrogen-bond acceptors (Lipinski definition) is 5. The lowest BCUT2D eigenvalue weighted by Gasteiger charge is -2.12. The minimum Gasteiger partial charge on any atom is -0.454 e. The summed E-state index contributed by atoms with van der Waals surface area (Å²) in [5, 5.41) is 8.94. The Morgan fingerprint density at radius 1 is 0.500 bits per heavy atom. The number of fused-ring (bicyclic) bond motifs is 9. The SMILES string of the molecule is c1ccc2c(c1)ccc1ccc(-c3nc(-c4cccc5oc6cnccc6c45)nc(-n4c5ccccc5c5ccccc54)n3)cc12. The Kier molecular flexibility index (Phi) is 5.19. The fourth-order valence-corrected chi connectivity index (χ4v) is 6.86. The quantitative estimate of drug-likeness (QED) is 0.192. The minimum atomic E-state index is 0.557. The lowest BCUT2D eigenvalue weighted by molar-refractivity contribution is 0.667. The van der Waals surface area contributed by atoms with E-state index in [-0.39, 0.29) is 0 Å². The van der Waals surface area contributed by atoms with Gasteiger partial charge in [0, 0.05) is 38.9 Å². The van der Waals surface area contributed by atoms with Gasteiger partial charge in [0.05, 0.1) is 17.2 Å². The summed E-state index contributed by atoms with van der Waals surface area (Å²) in [6.07, 6.45) is 3.54. The summed E-state index contributed by atoms with van der Waals surface area (Å²) in [6, 6.07) is 44.1. The number of hydrogen-bond donors (Lipinski definition) is 0. The number of nitrogens with zero attached hydrogens (tertiary/aromatic N) is 5. The monoisotopic (exact) mass is 589 g/mol. The van der Waals surface area contributed by atoms with Crippen molar-refractivity contribution in [2.75, 3.05) is 0 Å². The van der Waals surface area contributed by atoms with Crippen LogP contribution in [-0.2, 0) is 0 Å². The molecule has 0 radical (unpaired) electrons. The molecular weight excluding hydrogens is 566 g/mol. The molecule has 4 aromatic heterocycles. The first-order valence-electron chi connectivity index (χ1n) is 15.2. The zero-order chi connectivity index (χ0) is 30.2. The van der Waals surface area contributed by atoms with Crippen LogP contribution >= 0.6 is 0 Å². The van der Waals surface area contributed by atoms with Crippen LogP contribution in [0.3, 0.4) is 0 Å². The highest BCUT2D eigenvalue weighted by molar-refractivity contribution is 6.12. The molecule has 0 aliphatic rings. The van der Waals surface area contributed by atoms with Gasteiger partial charge in [0.1, 0.15) is 5.58 Å². The smallest absolute Gasteiger partial charge is 0.238 e. The molecule has 6 nitrogen and oxygen atoms in total. The Morgan fingerprint density at radius 2 is 1.20 bits per heavy atom. The summed E-state index contributed by atoms with van der Waals surface area (Å²) < 4.78 is 8.34. The molecule has 0 unspecified atom stereocenters. The van der Waals surface area contributed by atoms with Crippen molar-refractivity contribution in [2.24, 2.45) is 0 Å². The van der Waals surface area contributed by atoms with Crippen LogP contribution in [0.5, 0.6) is 0 Å². The molecular formula is C40H23N5O. The maximum Gasteiger partial charge on any atom is 0.238 e. The fraction of sp³-hybridized carbons (Fsp3) is 0. The van der Waals surface area contributed by atoms with Crippen LogP contribution in [-0.4, -0.2) is 24.5 Å². The fourth-order valence-electron chi connectivity index (χ4n) is 6.86. The van der Waals surface area contributed by atoms with E-state index in [1.165, 1.54) is 16.2 Å². The first-order chi connectivity index (χ1) is 22.8. The van der Waals surface area contributed by atoms with Gasteiger partial charge in [-0.2, -0.15) is 9.97 Å². The van der Waals surface area contributed by atoms with Crippen LogP contribution in [0, 0.1) is 0 Å². The zero-order valence-electron chi connectivity index (χ0n) is 24.4. The van der Waals surface area contributed by atoms with Gasteiger partial charge >= 0.3 is 0 Å². The van der Waals surface area contributed by atoms with Gasteiger partial charge in [0.15, 0.2) is 17.2 Å². The van der Waals surface area contributed by atoms with E-state index in [0.29, 0.717) is 17.6 Å². The predicted octanol–water partition coefficient (Wildman–Crippen LogP) is 9.90. The molecule has 0 aliphatic heterocycles. The van der Waals surface area contributed by atoms with Gasteiger partial charge in [0.25, 0.3) is 0 Å². The molecule has 0 bridgehead atoms. The van der Waals surface area contributed by atoms with Crippen molar-refractivity contribution in [3.8, 4) is 28.7 Å². The summed E-state index contributed by atoms with van der Waals surface area (Å²) in [4.78, 5) is 19.9. The molecule has 46 heavy (non-hydrogen) atoms. The van der Waals surface area contributed by atoms with Gasteiger partial charge in [-0.25, -0.2) is 4.98 Å². The minimum absolute atomic E-state index is 0.557. The average Bonchev–Trinajstić information content (AvgIpc) is 3.67. The van der Waals surface area contributed by atoms with E-state index in [4.69, 9.17) is 19.4 Å². The second-order valence-corrected chi connectivity index (χ2v) is 11.5. The largest absolute Gasteiger partial charge is 0.454 e. The summed E-state index contributed by atoms with van der Waals surface area (Å²) in [5.41, 5.74) is 5.35. The molecule has 4 heterocycles. The Hall–Kier alpha value is -6.40. The summed E-state index contributed by atoms with van der Waals surface area (Å²) in [7, 11) is 0. The third kappa shape index (κ3) is 3.64. The molecule has 6 heteroatoms. The summed E-state index contributed by atoms with van der Waals surface area (Å²) in [6.45, 7) is 0. The second-order valence-electron chi connectivity index (χ2n) is 11.5. The molecule has 214 valence electrons. The van der Waals surface area contributed by atoms with Crippen LogP contribution in [0.4, 0.5) is 0 Å². The van der Waals surface area contributed by atoms with Crippen LogP contribution in [0.25, 0.3) is 94.0 Å². The van der Waals surface area contributed by atoms with Gasteiger partial charge in [-0.3, -0.25) is 9.55 Å². The van der Waals surface area contributed by atoms with Crippen LogP contribution < -0.4 is 0 Å². The van der Waals surface area contributed by atoms with Crippen molar-refractivity contribution < 1.29 is 4.42 Å². The number of rotatable bonds is 3. The van der Waals surface area contributed by atoms with E-state index in [1.807, 2.05) is 18.2 Å². The topological polar surface area (TPSA) is 69.6 Å². The number of furan rings is 1. The molecule has 0 saturated carbocycles. The molecule has 0 spiro atoms. The Balaban J connectivity index is 1.31. The average molecular weight is 590 g/mol. The van der Waals surface area contributed by atoms with Crippen molar-refractivity contribution in [1.82, 2.24) is 24.5 Å². The lowest BCUT2D eigenvalue weighted by atomic mass is 10.00. The van der Waals surface area contributed by atoms with Crippen molar-refractivity contribution in [3.05, 3.63) is 140 Å². The van der Waals surface area contributed by atoms with Gasteiger partial charge < -0.3 is 4.42 Å². The zero-order valence-corrected chi connectivity index (χ0v) is 24.4. The molecule has 10 aromatic rings. The van der Waals surface area contributed by atoms with Gasteiger partial charge in [-0.05, 0) is 51.9 Å². The molecule has 0 amide bonds. The van der Waals surface area contributed by atoms with E-state index in [2.05, 4.69) is 119 Å². The van der Waals surface area contributed by atoms with Gasteiger partial charge in [-0.1, -0.05) is 97.1 Å².